The summed E-state index contributed by atoms with van der Waals surface area (Å²) in [6.45, 7) is 4.01. The van der Waals surface area contributed by atoms with Gasteiger partial charge in [0.15, 0.2) is 11.5 Å². The van der Waals surface area contributed by atoms with Gasteiger partial charge in [-0.3, -0.25) is 4.90 Å². The second-order valence-corrected chi connectivity index (χ2v) is 9.82. The van der Waals surface area contributed by atoms with Crippen LogP contribution in [0.15, 0.2) is 36.4 Å². The number of nitrogens with zero attached hydrogens (tertiary/aromatic N) is 1. The SMILES string of the molecule is CCCN1CC[C@]2(c3ccc(OC)c(OC)c3)CC[C@H](NC(=O)Nc3cc(F)cc(C(F)(F)F)c3)C[C@@H]12. The third-order valence-corrected chi connectivity index (χ3v) is 7.66. The molecule has 1 saturated heterocycles. The van der Waals surface area contributed by atoms with Crippen LogP contribution in [-0.4, -0.2) is 50.3 Å². The smallest absolute Gasteiger partial charge is 0.416 e. The van der Waals surface area contributed by atoms with E-state index in [4.69, 9.17) is 9.47 Å². The number of amides is 2. The predicted octanol–water partition coefficient (Wildman–Crippen LogP) is 5.96. The Morgan fingerprint density at radius 3 is 2.54 bits per heavy atom. The molecule has 2 fully saturated rings. The summed E-state index contributed by atoms with van der Waals surface area (Å²) in [5.74, 6) is 0.277. The van der Waals surface area contributed by atoms with Crippen molar-refractivity contribution in [2.75, 3.05) is 32.6 Å². The minimum atomic E-state index is -4.71. The first-order chi connectivity index (χ1) is 17.6. The largest absolute Gasteiger partial charge is 0.493 e. The van der Waals surface area contributed by atoms with E-state index in [1.165, 1.54) is 5.56 Å². The molecule has 2 amide bonds. The summed E-state index contributed by atoms with van der Waals surface area (Å²) in [6, 6.07) is 7.42. The molecule has 1 saturated carbocycles. The van der Waals surface area contributed by atoms with E-state index in [-0.39, 0.29) is 23.2 Å². The van der Waals surface area contributed by atoms with Gasteiger partial charge in [0, 0.05) is 23.2 Å². The Labute approximate surface area is 214 Å². The zero-order valence-electron chi connectivity index (χ0n) is 21.3. The molecule has 0 unspecified atom stereocenters. The molecular weight excluding hydrogens is 490 g/mol. The number of rotatable bonds is 7. The molecule has 1 aliphatic heterocycles. The van der Waals surface area contributed by atoms with Crippen LogP contribution in [0.2, 0.25) is 0 Å². The number of hydrogen-bond donors (Lipinski definition) is 2. The molecule has 0 radical (unpaired) electrons. The number of urea groups is 1. The number of anilines is 1. The molecule has 2 N–H and O–H groups in total. The molecule has 202 valence electrons. The molecule has 2 aromatic carbocycles. The van der Waals surface area contributed by atoms with Crippen molar-refractivity contribution < 1.29 is 31.8 Å². The van der Waals surface area contributed by atoms with Gasteiger partial charge in [-0.05, 0) is 81.1 Å². The fourth-order valence-electron chi connectivity index (χ4n) is 5.99. The van der Waals surface area contributed by atoms with E-state index in [1.807, 2.05) is 12.1 Å². The highest BCUT2D eigenvalue weighted by atomic mass is 19.4. The first-order valence-corrected chi connectivity index (χ1v) is 12.5. The van der Waals surface area contributed by atoms with E-state index in [2.05, 4.69) is 28.5 Å². The van der Waals surface area contributed by atoms with Crippen molar-refractivity contribution in [2.45, 2.75) is 62.7 Å². The predicted molar refractivity (Wildman–Crippen MR) is 133 cm³/mol. The summed E-state index contributed by atoms with van der Waals surface area (Å²) in [5, 5.41) is 5.28. The third kappa shape index (κ3) is 5.63. The maximum atomic E-state index is 13.7. The van der Waals surface area contributed by atoms with Gasteiger partial charge in [-0.15, -0.1) is 0 Å². The standard InChI is InChI=1S/C27H33F4N3O3/c1-4-10-34-11-9-26(17-5-6-22(36-2)23(14-17)37-3)8-7-20(16-24(26)34)32-25(35)33-21-13-18(27(29,30)31)12-19(28)15-21/h5-6,12-15,20,24H,4,7-11,16H2,1-3H3,(H2,32,33,35)/t20-,24+,26-/m0/s1. The number of fused-ring (bicyclic) bond motifs is 1. The fraction of sp³-hybridized carbons (Fsp3) is 0.519. The van der Waals surface area contributed by atoms with Crippen molar-refractivity contribution >= 4 is 11.7 Å². The highest BCUT2D eigenvalue weighted by molar-refractivity contribution is 5.89. The van der Waals surface area contributed by atoms with Crippen LogP contribution in [-0.2, 0) is 11.6 Å². The van der Waals surface area contributed by atoms with E-state index in [0.717, 1.165) is 44.5 Å². The van der Waals surface area contributed by atoms with Crippen LogP contribution in [0.4, 0.5) is 28.0 Å². The lowest BCUT2D eigenvalue weighted by molar-refractivity contribution is -0.137. The maximum Gasteiger partial charge on any atom is 0.416 e. The van der Waals surface area contributed by atoms with E-state index in [9.17, 15) is 22.4 Å². The second kappa shape index (κ2) is 10.8. The third-order valence-electron chi connectivity index (χ3n) is 7.66. The number of ether oxygens (including phenoxy) is 2. The Bertz CT molecular complexity index is 1130. The number of carbonyl (C=O) groups is 1. The lowest BCUT2D eigenvalue weighted by atomic mass is 9.65. The lowest BCUT2D eigenvalue weighted by Crippen LogP contribution is -2.53. The van der Waals surface area contributed by atoms with Crippen molar-refractivity contribution in [3.8, 4) is 11.5 Å². The number of hydrogen-bond acceptors (Lipinski definition) is 4. The summed E-state index contributed by atoms with van der Waals surface area (Å²) in [7, 11) is 3.22. The number of alkyl halides is 3. The topological polar surface area (TPSA) is 62.8 Å². The van der Waals surface area contributed by atoms with Gasteiger partial charge < -0.3 is 20.1 Å². The first-order valence-electron chi connectivity index (χ1n) is 12.5. The maximum absolute atomic E-state index is 13.7. The van der Waals surface area contributed by atoms with Crippen LogP contribution in [0.3, 0.4) is 0 Å². The van der Waals surface area contributed by atoms with Crippen molar-refractivity contribution in [3.05, 3.63) is 53.3 Å². The highest BCUT2D eigenvalue weighted by Gasteiger charge is 2.51. The average Bonchev–Trinajstić information content (AvgIpc) is 3.21. The van der Waals surface area contributed by atoms with Crippen LogP contribution < -0.4 is 20.1 Å². The van der Waals surface area contributed by atoms with Crippen LogP contribution in [0.5, 0.6) is 11.5 Å². The van der Waals surface area contributed by atoms with Crippen LogP contribution >= 0.6 is 0 Å². The summed E-state index contributed by atoms with van der Waals surface area (Å²) < 4.78 is 63.8. The van der Waals surface area contributed by atoms with Crippen molar-refractivity contribution in [1.82, 2.24) is 10.2 Å². The molecule has 3 atom stereocenters. The molecule has 6 nitrogen and oxygen atoms in total. The molecule has 2 aliphatic rings. The van der Waals surface area contributed by atoms with Crippen molar-refractivity contribution in [2.24, 2.45) is 0 Å². The van der Waals surface area contributed by atoms with Gasteiger partial charge in [-0.25, -0.2) is 9.18 Å². The normalized spacial score (nSPS) is 23.9. The van der Waals surface area contributed by atoms with Crippen LogP contribution in [0, 0.1) is 5.82 Å². The minimum Gasteiger partial charge on any atom is -0.493 e. The fourth-order valence-corrected chi connectivity index (χ4v) is 5.99. The minimum absolute atomic E-state index is 0.104. The number of nitrogens with one attached hydrogen (secondary N) is 2. The average molecular weight is 524 g/mol. The van der Waals surface area contributed by atoms with Gasteiger partial charge in [0.25, 0.3) is 0 Å². The van der Waals surface area contributed by atoms with Crippen molar-refractivity contribution in [1.29, 1.82) is 0 Å². The molecule has 10 heteroatoms. The number of likely N-dealkylation sites (tertiary alicyclic amines) is 1. The summed E-state index contributed by atoms with van der Waals surface area (Å²) in [5.41, 5.74) is -0.320. The number of halogens is 4. The van der Waals surface area contributed by atoms with Gasteiger partial charge in [0.05, 0.1) is 19.8 Å². The Morgan fingerprint density at radius 2 is 1.86 bits per heavy atom. The molecule has 1 aliphatic carbocycles. The van der Waals surface area contributed by atoms with Crippen LogP contribution in [0.25, 0.3) is 0 Å². The molecule has 0 bridgehead atoms. The molecule has 0 aromatic heterocycles. The monoisotopic (exact) mass is 523 g/mol. The zero-order chi connectivity index (χ0) is 26.8. The van der Waals surface area contributed by atoms with E-state index in [1.54, 1.807) is 14.2 Å². The number of benzene rings is 2. The number of methoxy groups -OCH3 is 2. The molecule has 0 spiro atoms. The quantitative estimate of drug-likeness (QED) is 0.440. The first kappa shape index (κ1) is 27.0. The van der Waals surface area contributed by atoms with Crippen molar-refractivity contribution in [3.63, 3.8) is 0 Å². The van der Waals surface area contributed by atoms with Gasteiger partial charge in [0.1, 0.15) is 5.82 Å². The zero-order valence-corrected chi connectivity index (χ0v) is 21.3. The Morgan fingerprint density at radius 1 is 1.11 bits per heavy atom. The summed E-state index contributed by atoms with van der Waals surface area (Å²) in [6.07, 6.45) is -0.505. The van der Waals surface area contributed by atoms with Gasteiger partial charge >= 0.3 is 12.2 Å². The lowest BCUT2D eigenvalue weighted by Gasteiger charge is -2.45. The highest BCUT2D eigenvalue weighted by Crippen LogP contribution is 2.50. The van der Waals surface area contributed by atoms with Gasteiger partial charge in [-0.2, -0.15) is 13.2 Å². The Kier molecular flexibility index (Phi) is 7.87. The molecule has 37 heavy (non-hydrogen) atoms. The summed E-state index contributed by atoms with van der Waals surface area (Å²) >= 11 is 0. The van der Waals surface area contributed by atoms with E-state index < -0.39 is 23.6 Å². The van der Waals surface area contributed by atoms with E-state index >= 15 is 0 Å². The molecule has 2 aromatic rings. The number of carbonyl (C=O) groups excluding carboxylic acids is 1. The molecular formula is C27H33F4N3O3. The van der Waals surface area contributed by atoms with E-state index in [0.29, 0.717) is 30.4 Å². The van der Waals surface area contributed by atoms with Gasteiger partial charge in [0.2, 0.25) is 0 Å². The van der Waals surface area contributed by atoms with Gasteiger partial charge in [-0.1, -0.05) is 13.0 Å². The van der Waals surface area contributed by atoms with Crippen LogP contribution in [0.1, 0.15) is 50.2 Å². The molecule has 4 rings (SSSR count). The summed E-state index contributed by atoms with van der Waals surface area (Å²) in [4.78, 5) is 15.1. The Balaban J connectivity index is 1.51. The second-order valence-electron chi connectivity index (χ2n) is 9.82. The molecule has 1 heterocycles. The Hall–Kier alpha value is -3.01.